The minimum atomic E-state index is -1.40. The van der Waals surface area contributed by atoms with Crippen LogP contribution < -0.4 is 10.6 Å². The smallest absolute Gasteiger partial charge is 0.407 e. The van der Waals surface area contributed by atoms with Gasteiger partial charge < -0.3 is 20.5 Å². The number of hydrogen-bond acceptors (Lipinski definition) is 5. The van der Waals surface area contributed by atoms with Crippen LogP contribution in [0.2, 0.25) is 0 Å². The predicted octanol–water partition coefficient (Wildman–Crippen LogP) is 5.50. The van der Waals surface area contributed by atoms with E-state index in [1.54, 1.807) is 7.05 Å². The zero-order chi connectivity index (χ0) is 29.6. The van der Waals surface area contributed by atoms with Crippen LogP contribution in [0.3, 0.4) is 0 Å². The van der Waals surface area contributed by atoms with E-state index >= 15 is 0 Å². The highest BCUT2D eigenvalue weighted by Crippen LogP contribution is 2.44. The summed E-state index contributed by atoms with van der Waals surface area (Å²) in [5.41, 5.74) is 4.82. The second-order valence-electron chi connectivity index (χ2n) is 10.2. The van der Waals surface area contributed by atoms with Gasteiger partial charge in [0.1, 0.15) is 18.5 Å². The van der Waals surface area contributed by atoms with Gasteiger partial charge in [-0.3, -0.25) is 9.69 Å². The molecule has 0 bridgehead atoms. The van der Waals surface area contributed by atoms with E-state index in [0.29, 0.717) is 6.54 Å². The maximum absolute atomic E-state index is 13.7. The van der Waals surface area contributed by atoms with Gasteiger partial charge in [-0.2, -0.15) is 0 Å². The number of ether oxygens (including phenoxy) is 1. The lowest BCUT2D eigenvalue weighted by Crippen LogP contribution is -2.50. The molecule has 0 aromatic heterocycles. The van der Waals surface area contributed by atoms with Crippen LogP contribution in [0, 0.1) is 5.82 Å². The monoisotopic (exact) mass is 567 g/mol. The first-order chi connectivity index (χ1) is 20.3. The van der Waals surface area contributed by atoms with Crippen molar-refractivity contribution in [2.24, 2.45) is 0 Å². The first kappa shape index (κ1) is 28.5. The van der Waals surface area contributed by atoms with Crippen molar-refractivity contribution in [3.8, 4) is 11.1 Å². The fraction of sp³-hybridized carbons (Fsp3) is 0.182. The number of hydrogen-bond donors (Lipinski definition) is 3. The zero-order valence-electron chi connectivity index (χ0n) is 22.9. The lowest BCUT2D eigenvalue weighted by Gasteiger charge is -2.25. The minimum absolute atomic E-state index is 0.0647. The molecule has 3 N–H and O–H groups in total. The number of nitrogens with zero attached hydrogens (tertiary/aromatic N) is 1. The standard InChI is InChI=1S/C33H30FN3O5/c1-37(18-21-9-3-2-4-10-21)19-30(31(38)35-29-16-15-22(34)17-27(29)32(39)40)36-33(41)42-20-28-25-13-7-5-11-23(25)24-12-6-8-14-26(24)28/h2-17,28,30H,18-20H2,1H3,(H,35,38)(H,36,41)(H,39,40). The third-order valence-corrected chi connectivity index (χ3v) is 7.21. The Morgan fingerprint density at radius 1 is 0.905 bits per heavy atom. The summed E-state index contributed by atoms with van der Waals surface area (Å²) in [5, 5.41) is 14.7. The van der Waals surface area contributed by atoms with E-state index in [2.05, 4.69) is 10.6 Å². The molecule has 0 heterocycles. The Bertz CT molecular complexity index is 1570. The van der Waals surface area contributed by atoms with Crippen molar-refractivity contribution in [3.63, 3.8) is 0 Å². The molecule has 4 aromatic carbocycles. The summed E-state index contributed by atoms with van der Waals surface area (Å²) in [4.78, 5) is 40.0. The van der Waals surface area contributed by atoms with E-state index in [9.17, 15) is 23.9 Å². The summed E-state index contributed by atoms with van der Waals surface area (Å²) in [6.07, 6.45) is -0.789. The van der Waals surface area contributed by atoms with Crippen LogP contribution in [0.25, 0.3) is 11.1 Å². The van der Waals surface area contributed by atoms with Gasteiger partial charge >= 0.3 is 12.1 Å². The number of anilines is 1. The molecule has 1 aliphatic rings. The molecule has 1 aliphatic carbocycles. The average molecular weight is 568 g/mol. The molecule has 214 valence electrons. The highest BCUT2D eigenvalue weighted by atomic mass is 19.1. The highest BCUT2D eigenvalue weighted by molar-refractivity contribution is 6.03. The van der Waals surface area contributed by atoms with Gasteiger partial charge in [-0.05, 0) is 53.1 Å². The Labute approximate surface area is 242 Å². The Morgan fingerprint density at radius 3 is 2.17 bits per heavy atom. The predicted molar refractivity (Wildman–Crippen MR) is 157 cm³/mol. The van der Waals surface area contributed by atoms with Gasteiger partial charge in [0.25, 0.3) is 0 Å². The average Bonchev–Trinajstić information content (AvgIpc) is 3.30. The molecule has 2 amide bonds. The number of rotatable bonds is 10. The topological polar surface area (TPSA) is 108 Å². The molecule has 0 saturated carbocycles. The fourth-order valence-corrected chi connectivity index (χ4v) is 5.27. The van der Waals surface area contributed by atoms with Crippen LogP contribution >= 0.6 is 0 Å². The van der Waals surface area contributed by atoms with Crippen molar-refractivity contribution in [3.05, 3.63) is 125 Å². The maximum atomic E-state index is 13.7. The van der Waals surface area contributed by atoms with Crippen molar-refractivity contribution in [2.45, 2.75) is 18.5 Å². The van der Waals surface area contributed by atoms with Crippen LogP contribution in [-0.4, -0.2) is 54.2 Å². The molecular weight excluding hydrogens is 537 g/mol. The molecule has 9 heteroatoms. The van der Waals surface area contributed by atoms with Gasteiger partial charge in [-0.15, -0.1) is 0 Å². The molecule has 0 radical (unpaired) electrons. The van der Waals surface area contributed by atoms with Gasteiger partial charge in [-0.25, -0.2) is 14.0 Å². The molecule has 8 nitrogen and oxygen atoms in total. The molecule has 0 saturated heterocycles. The molecule has 42 heavy (non-hydrogen) atoms. The van der Waals surface area contributed by atoms with Crippen LogP contribution in [0.4, 0.5) is 14.9 Å². The molecule has 5 rings (SSSR count). The fourth-order valence-electron chi connectivity index (χ4n) is 5.27. The summed E-state index contributed by atoms with van der Waals surface area (Å²) in [6.45, 7) is 0.650. The normalized spacial score (nSPS) is 12.7. The van der Waals surface area contributed by atoms with Crippen LogP contribution in [0.5, 0.6) is 0 Å². The van der Waals surface area contributed by atoms with Crippen LogP contribution in [-0.2, 0) is 16.1 Å². The lowest BCUT2D eigenvalue weighted by atomic mass is 9.98. The van der Waals surface area contributed by atoms with E-state index in [4.69, 9.17) is 4.74 Å². The third-order valence-electron chi connectivity index (χ3n) is 7.21. The number of carbonyl (C=O) groups is 3. The summed E-state index contributed by atoms with van der Waals surface area (Å²) < 4.78 is 19.4. The van der Waals surface area contributed by atoms with E-state index in [1.165, 1.54) is 6.07 Å². The summed E-state index contributed by atoms with van der Waals surface area (Å²) in [6, 6.07) is 27.5. The number of fused-ring (bicyclic) bond motifs is 3. The quantitative estimate of drug-likeness (QED) is 0.234. The molecule has 4 aromatic rings. The Morgan fingerprint density at radius 2 is 1.52 bits per heavy atom. The second-order valence-corrected chi connectivity index (χ2v) is 10.2. The van der Waals surface area contributed by atoms with Gasteiger partial charge in [0.05, 0.1) is 11.3 Å². The number of carbonyl (C=O) groups excluding carboxylic acids is 2. The van der Waals surface area contributed by atoms with Crippen molar-refractivity contribution < 1.29 is 28.6 Å². The number of benzene rings is 4. The van der Waals surface area contributed by atoms with Crippen molar-refractivity contribution in [1.82, 2.24) is 10.2 Å². The van der Waals surface area contributed by atoms with Crippen LogP contribution in [0.15, 0.2) is 97.1 Å². The largest absolute Gasteiger partial charge is 0.478 e. The Hall–Kier alpha value is -5.02. The summed E-state index contributed by atoms with van der Waals surface area (Å²) >= 11 is 0. The molecule has 1 atom stereocenters. The van der Waals surface area contributed by atoms with Crippen molar-refractivity contribution in [2.75, 3.05) is 25.5 Å². The Kier molecular flexibility index (Phi) is 8.59. The van der Waals surface area contributed by atoms with E-state index in [0.717, 1.165) is 39.9 Å². The van der Waals surface area contributed by atoms with Crippen LogP contribution in [0.1, 0.15) is 33.0 Å². The van der Waals surface area contributed by atoms with E-state index in [-0.39, 0.29) is 24.8 Å². The van der Waals surface area contributed by atoms with Gasteiger partial charge in [0.15, 0.2) is 0 Å². The number of alkyl carbamates (subject to hydrolysis) is 1. The van der Waals surface area contributed by atoms with E-state index in [1.807, 2.05) is 83.8 Å². The first-order valence-corrected chi connectivity index (χ1v) is 13.5. The first-order valence-electron chi connectivity index (χ1n) is 13.5. The highest BCUT2D eigenvalue weighted by Gasteiger charge is 2.30. The van der Waals surface area contributed by atoms with Gasteiger partial charge in [-0.1, -0.05) is 78.9 Å². The molecular formula is C33H30FN3O5. The zero-order valence-corrected chi connectivity index (χ0v) is 22.9. The number of carboxylic acids is 1. The number of likely N-dealkylation sites (N-methyl/N-ethyl adjacent to an activating group) is 1. The number of carboxylic acid groups (broad SMARTS) is 1. The third kappa shape index (κ3) is 6.47. The number of halogens is 1. The van der Waals surface area contributed by atoms with Crippen molar-refractivity contribution in [1.29, 1.82) is 0 Å². The number of amides is 2. The van der Waals surface area contributed by atoms with E-state index < -0.39 is 35.4 Å². The minimum Gasteiger partial charge on any atom is -0.478 e. The molecule has 0 aliphatic heterocycles. The SMILES string of the molecule is CN(Cc1ccccc1)CC(NC(=O)OCC1c2ccccc2-c2ccccc21)C(=O)Nc1ccc(F)cc1C(=O)O. The second kappa shape index (κ2) is 12.7. The van der Waals surface area contributed by atoms with Crippen molar-refractivity contribution >= 4 is 23.7 Å². The number of nitrogens with one attached hydrogen (secondary N) is 2. The van der Waals surface area contributed by atoms with Gasteiger partial charge in [0, 0.05) is 19.0 Å². The lowest BCUT2D eigenvalue weighted by molar-refractivity contribution is -0.118. The Balaban J connectivity index is 1.31. The molecule has 1 unspecified atom stereocenters. The molecule has 0 fully saturated rings. The van der Waals surface area contributed by atoms with Gasteiger partial charge in [0.2, 0.25) is 5.91 Å². The summed E-state index contributed by atoms with van der Waals surface area (Å²) in [7, 11) is 1.80. The summed E-state index contributed by atoms with van der Waals surface area (Å²) in [5.74, 6) is -2.97. The number of aromatic carboxylic acids is 1. The maximum Gasteiger partial charge on any atom is 0.407 e. The molecule has 0 spiro atoms.